The second-order valence-corrected chi connectivity index (χ2v) is 6.45. The zero-order valence-electron chi connectivity index (χ0n) is 14.3. The van der Waals surface area contributed by atoms with Gasteiger partial charge in [0.1, 0.15) is 11.6 Å². The van der Waals surface area contributed by atoms with Crippen molar-refractivity contribution in [1.82, 2.24) is 9.88 Å². The molecule has 0 atom stereocenters. The molecule has 1 amide bonds. The first-order valence-corrected chi connectivity index (χ1v) is 8.34. The second kappa shape index (κ2) is 7.41. The maximum Gasteiger partial charge on any atom is 0.573 e. The number of aromatic nitrogens is 1. The number of H-pyrrole nitrogens is 1. The molecule has 8 heteroatoms. The Balaban J connectivity index is 1.60. The van der Waals surface area contributed by atoms with Crippen LogP contribution in [0.15, 0.2) is 36.5 Å². The molecule has 1 fully saturated rings. The highest BCUT2D eigenvalue weighted by molar-refractivity contribution is 6.03. The number of benzene rings is 1. The highest BCUT2D eigenvalue weighted by Crippen LogP contribution is 2.29. The number of nitrogens with one attached hydrogen (secondary N) is 2. The van der Waals surface area contributed by atoms with Gasteiger partial charge in [-0.05, 0) is 74.8 Å². The van der Waals surface area contributed by atoms with Crippen molar-refractivity contribution in [3.63, 3.8) is 0 Å². The monoisotopic (exact) mass is 367 g/mol. The van der Waals surface area contributed by atoms with Crippen molar-refractivity contribution in [2.24, 2.45) is 0 Å². The molecule has 3 rings (SSSR count). The lowest BCUT2D eigenvalue weighted by atomic mass is 9.91. The lowest BCUT2D eigenvalue weighted by Crippen LogP contribution is -2.29. The Labute approximate surface area is 149 Å². The third-order valence-corrected chi connectivity index (χ3v) is 4.49. The van der Waals surface area contributed by atoms with Gasteiger partial charge in [0.2, 0.25) is 0 Å². The smallest absolute Gasteiger partial charge is 0.406 e. The predicted octanol–water partition coefficient (Wildman–Crippen LogP) is 3.97. The van der Waals surface area contributed by atoms with E-state index in [1.165, 1.54) is 12.1 Å². The van der Waals surface area contributed by atoms with Gasteiger partial charge in [-0.2, -0.15) is 0 Å². The molecule has 140 valence electrons. The molecule has 0 spiro atoms. The van der Waals surface area contributed by atoms with E-state index >= 15 is 0 Å². The molecule has 1 aromatic carbocycles. The van der Waals surface area contributed by atoms with E-state index in [1.54, 1.807) is 0 Å². The first kappa shape index (κ1) is 18.3. The molecule has 2 heterocycles. The summed E-state index contributed by atoms with van der Waals surface area (Å²) < 4.78 is 40.3. The molecule has 0 saturated carbocycles. The van der Waals surface area contributed by atoms with Gasteiger partial charge >= 0.3 is 6.36 Å². The third-order valence-electron chi connectivity index (χ3n) is 4.49. The zero-order chi connectivity index (χ0) is 18.7. The van der Waals surface area contributed by atoms with E-state index in [-0.39, 0.29) is 11.3 Å². The number of carbonyl (C=O) groups is 1. The molecule has 0 radical (unpaired) electrons. The summed E-state index contributed by atoms with van der Waals surface area (Å²) in [4.78, 5) is 17.6. The maximum absolute atomic E-state index is 12.2. The van der Waals surface area contributed by atoms with E-state index in [4.69, 9.17) is 0 Å². The van der Waals surface area contributed by atoms with Gasteiger partial charge in [0.05, 0.1) is 0 Å². The number of amides is 1. The van der Waals surface area contributed by atoms with Gasteiger partial charge in [0.25, 0.3) is 5.91 Å². The fourth-order valence-corrected chi connectivity index (χ4v) is 3.06. The Hall–Kier alpha value is -2.48. The lowest BCUT2D eigenvalue weighted by Gasteiger charge is -2.28. The van der Waals surface area contributed by atoms with Crippen LogP contribution in [-0.4, -0.2) is 42.3 Å². The van der Waals surface area contributed by atoms with Gasteiger partial charge in [-0.3, -0.25) is 4.79 Å². The Morgan fingerprint density at radius 1 is 1.23 bits per heavy atom. The summed E-state index contributed by atoms with van der Waals surface area (Å²) in [5.74, 6) is 0.269. The maximum atomic E-state index is 12.2. The highest BCUT2D eigenvalue weighted by Gasteiger charge is 2.31. The molecule has 1 aliphatic rings. The number of piperidine rings is 1. The summed E-state index contributed by atoms with van der Waals surface area (Å²) in [5, 5.41) is 2.73. The first-order valence-electron chi connectivity index (χ1n) is 8.34. The summed E-state index contributed by atoms with van der Waals surface area (Å²) in [6, 6.07) is 6.71. The van der Waals surface area contributed by atoms with Crippen molar-refractivity contribution in [2.45, 2.75) is 25.1 Å². The number of ether oxygens (including phenoxy) is 1. The number of anilines is 1. The van der Waals surface area contributed by atoms with E-state index in [2.05, 4.69) is 27.0 Å². The number of alkyl halides is 3. The molecular weight excluding hydrogens is 347 g/mol. The lowest BCUT2D eigenvalue weighted by molar-refractivity contribution is -0.274. The van der Waals surface area contributed by atoms with Crippen LogP contribution >= 0.6 is 0 Å². The Morgan fingerprint density at radius 2 is 1.88 bits per heavy atom. The van der Waals surface area contributed by atoms with Crippen molar-refractivity contribution in [3.05, 3.63) is 47.7 Å². The number of nitrogens with zero attached hydrogens (tertiary/aromatic N) is 1. The minimum absolute atomic E-state index is 0.245. The van der Waals surface area contributed by atoms with E-state index in [1.807, 2.05) is 12.3 Å². The fourth-order valence-electron chi connectivity index (χ4n) is 3.06. The third kappa shape index (κ3) is 4.78. The molecule has 0 unspecified atom stereocenters. The average Bonchev–Trinajstić information content (AvgIpc) is 3.03. The van der Waals surface area contributed by atoms with Crippen LogP contribution in [0.1, 0.15) is 34.7 Å². The van der Waals surface area contributed by atoms with Gasteiger partial charge in [-0.15, -0.1) is 13.2 Å². The fraction of sp³-hybridized carbons (Fsp3) is 0.389. The molecule has 1 saturated heterocycles. The summed E-state index contributed by atoms with van der Waals surface area (Å²) in [7, 11) is 2.10. The Morgan fingerprint density at radius 3 is 2.50 bits per heavy atom. The van der Waals surface area contributed by atoms with Gasteiger partial charge in [0.15, 0.2) is 0 Å². The summed E-state index contributed by atoms with van der Waals surface area (Å²) >= 11 is 0. The number of hydrogen-bond acceptors (Lipinski definition) is 3. The molecule has 1 aliphatic heterocycles. The molecule has 1 aromatic heterocycles. The molecule has 5 nitrogen and oxygen atoms in total. The minimum atomic E-state index is -4.75. The number of hydrogen-bond donors (Lipinski definition) is 2. The van der Waals surface area contributed by atoms with Crippen molar-refractivity contribution >= 4 is 11.7 Å². The highest BCUT2D eigenvalue weighted by atomic mass is 19.4. The van der Waals surface area contributed by atoms with Crippen LogP contribution in [0.2, 0.25) is 0 Å². The summed E-state index contributed by atoms with van der Waals surface area (Å²) in [6.45, 7) is 2.09. The van der Waals surface area contributed by atoms with Gasteiger partial charge in [-0.25, -0.2) is 0 Å². The van der Waals surface area contributed by atoms with Crippen LogP contribution in [0, 0.1) is 0 Å². The minimum Gasteiger partial charge on any atom is -0.406 e. The molecular formula is C18H20F3N3O2. The number of halogens is 3. The standard InChI is InChI=1S/C18H20F3N3O2/c1-24-8-6-12(7-9-24)14-10-16(22-11-14)23-17(25)13-2-4-15(5-3-13)26-18(19,20)21/h2-5,10-12,22H,6-9H2,1H3,(H,23,25). The second-order valence-electron chi connectivity index (χ2n) is 6.45. The van der Waals surface area contributed by atoms with E-state index < -0.39 is 12.3 Å². The van der Waals surface area contributed by atoms with Crippen molar-refractivity contribution in [1.29, 1.82) is 0 Å². The Kier molecular flexibility index (Phi) is 5.22. The zero-order valence-corrected chi connectivity index (χ0v) is 14.3. The largest absolute Gasteiger partial charge is 0.573 e. The molecule has 0 aliphatic carbocycles. The summed E-state index contributed by atoms with van der Waals surface area (Å²) in [5.41, 5.74) is 1.40. The molecule has 2 N–H and O–H groups in total. The molecule has 0 bridgehead atoms. The number of rotatable bonds is 4. The Bertz CT molecular complexity index is 748. The van der Waals surface area contributed by atoms with Gasteiger partial charge < -0.3 is 19.9 Å². The van der Waals surface area contributed by atoms with Crippen molar-refractivity contribution in [3.8, 4) is 5.75 Å². The molecule has 2 aromatic rings. The van der Waals surface area contributed by atoms with Crippen LogP contribution in [0.25, 0.3) is 0 Å². The normalized spacial score (nSPS) is 16.5. The predicted molar refractivity (Wildman–Crippen MR) is 91.3 cm³/mol. The number of aromatic amines is 1. The molecule has 26 heavy (non-hydrogen) atoms. The number of likely N-dealkylation sites (tertiary alicyclic amines) is 1. The van der Waals surface area contributed by atoms with Crippen LogP contribution < -0.4 is 10.1 Å². The van der Waals surface area contributed by atoms with Crippen LogP contribution in [0.3, 0.4) is 0 Å². The summed E-state index contributed by atoms with van der Waals surface area (Å²) in [6.07, 6.45) is -0.713. The van der Waals surface area contributed by atoms with Crippen LogP contribution in [0.4, 0.5) is 19.0 Å². The first-order chi connectivity index (χ1) is 12.3. The van der Waals surface area contributed by atoms with E-state index in [9.17, 15) is 18.0 Å². The van der Waals surface area contributed by atoms with Crippen molar-refractivity contribution < 1.29 is 22.7 Å². The van der Waals surface area contributed by atoms with Crippen molar-refractivity contribution in [2.75, 3.05) is 25.5 Å². The SMILES string of the molecule is CN1CCC(c2c[nH]c(NC(=O)c3ccc(OC(F)(F)F)cc3)c2)CC1. The van der Waals surface area contributed by atoms with Crippen LogP contribution in [0.5, 0.6) is 5.75 Å². The van der Waals surface area contributed by atoms with Gasteiger partial charge in [0, 0.05) is 11.8 Å². The quantitative estimate of drug-likeness (QED) is 0.860. The van der Waals surface area contributed by atoms with Gasteiger partial charge in [-0.1, -0.05) is 0 Å². The van der Waals surface area contributed by atoms with E-state index in [0.29, 0.717) is 11.7 Å². The van der Waals surface area contributed by atoms with E-state index in [0.717, 1.165) is 43.6 Å². The average molecular weight is 367 g/mol. The topological polar surface area (TPSA) is 57.4 Å². The van der Waals surface area contributed by atoms with Crippen LogP contribution in [-0.2, 0) is 0 Å². The number of carbonyl (C=O) groups excluding carboxylic acids is 1.